The molecule has 114 valence electrons. The summed E-state index contributed by atoms with van der Waals surface area (Å²) < 4.78 is 31.3. The van der Waals surface area contributed by atoms with Crippen LogP contribution in [0.5, 0.6) is 0 Å². The highest BCUT2D eigenvalue weighted by Crippen LogP contribution is 2.22. The minimum absolute atomic E-state index is 0.231. The Morgan fingerprint density at radius 1 is 1.33 bits per heavy atom. The Bertz CT molecular complexity index is 741. The molecule has 0 aliphatic rings. The van der Waals surface area contributed by atoms with Gasteiger partial charge in [0.05, 0.1) is 6.26 Å². The summed E-state index contributed by atoms with van der Waals surface area (Å²) in [6.07, 6.45) is 1.59. The van der Waals surface area contributed by atoms with Crippen molar-refractivity contribution < 1.29 is 12.9 Å². The third-order valence-electron chi connectivity index (χ3n) is 2.75. The van der Waals surface area contributed by atoms with E-state index in [1.165, 1.54) is 0 Å². The van der Waals surface area contributed by atoms with E-state index in [4.69, 9.17) is 4.52 Å². The zero-order valence-corrected chi connectivity index (χ0v) is 14.3. The molecule has 1 N–H and O–H groups in total. The van der Waals surface area contributed by atoms with Crippen molar-refractivity contribution in [3.63, 3.8) is 0 Å². The summed E-state index contributed by atoms with van der Waals surface area (Å²) in [5.41, 5.74) is 0.0750. The molecule has 2 aromatic rings. The quantitative estimate of drug-likeness (QED) is 0.868. The molecule has 1 aromatic carbocycles. The number of rotatable bonds is 5. The Labute approximate surface area is 132 Å². The summed E-state index contributed by atoms with van der Waals surface area (Å²) in [6.45, 7) is 3.34. The van der Waals surface area contributed by atoms with Gasteiger partial charge in [-0.2, -0.15) is 4.98 Å². The van der Waals surface area contributed by atoms with Gasteiger partial charge in [0, 0.05) is 10.9 Å². The molecule has 21 heavy (non-hydrogen) atoms. The molecule has 6 nitrogen and oxygen atoms in total. The lowest BCUT2D eigenvalue weighted by Gasteiger charge is -2.19. The molecule has 0 aliphatic carbocycles. The number of benzene rings is 1. The first-order chi connectivity index (χ1) is 9.67. The molecule has 0 amide bonds. The first-order valence-electron chi connectivity index (χ1n) is 6.23. The van der Waals surface area contributed by atoms with Crippen molar-refractivity contribution in [3.8, 4) is 0 Å². The zero-order valence-electron chi connectivity index (χ0n) is 11.9. The second kappa shape index (κ2) is 5.86. The monoisotopic (exact) mass is 373 g/mol. The molecular formula is C13H16BrN3O3S. The highest BCUT2D eigenvalue weighted by molar-refractivity contribution is 9.10. The van der Waals surface area contributed by atoms with Gasteiger partial charge < -0.3 is 4.52 Å². The Kier molecular flexibility index (Phi) is 4.50. The van der Waals surface area contributed by atoms with E-state index in [9.17, 15) is 8.42 Å². The van der Waals surface area contributed by atoms with Gasteiger partial charge in [-0.3, -0.25) is 0 Å². The van der Waals surface area contributed by atoms with E-state index in [-0.39, 0.29) is 5.89 Å². The number of sulfonamides is 1. The molecule has 1 aromatic heterocycles. The van der Waals surface area contributed by atoms with E-state index in [2.05, 4.69) is 30.8 Å². The highest BCUT2D eigenvalue weighted by Gasteiger charge is 2.30. The fourth-order valence-electron chi connectivity index (χ4n) is 1.90. The standard InChI is InChI=1S/C13H16BrN3O3S/c1-13(2,17-21(3,18)19)12-15-11(16-20-12)8-9-6-4-5-7-10(9)14/h4-7,17H,8H2,1-3H3. The van der Waals surface area contributed by atoms with Gasteiger partial charge in [-0.15, -0.1) is 0 Å². The van der Waals surface area contributed by atoms with Crippen molar-refractivity contribution in [2.75, 3.05) is 6.26 Å². The number of nitrogens with one attached hydrogen (secondary N) is 1. The Hall–Kier alpha value is -1.25. The first-order valence-corrected chi connectivity index (χ1v) is 8.91. The minimum atomic E-state index is -3.37. The third kappa shape index (κ3) is 4.36. The maximum Gasteiger partial charge on any atom is 0.247 e. The van der Waals surface area contributed by atoms with Crippen molar-refractivity contribution in [1.82, 2.24) is 14.9 Å². The average molecular weight is 374 g/mol. The summed E-state index contributed by atoms with van der Waals surface area (Å²) >= 11 is 3.46. The molecular weight excluding hydrogens is 358 g/mol. The Balaban J connectivity index is 2.20. The van der Waals surface area contributed by atoms with Gasteiger partial charge in [0.1, 0.15) is 5.54 Å². The van der Waals surface area contributed by atoms with Gasteiger partial charge in [-0.05, 0) is 25.5 Å². The van der Waals surface area contributed by atoms with Gasteiger partial charge in [-0.25, -0.2) is 13.1 Å². The SMILES string of the molecule is CC(C)(NS(C)(=O)=O)c1nc(Cc2ccccc2Br)no1. The van der Waals surface area contributed by atoms with Crippen LogP contribution in [0.1, 0.15) is 31.1 Å². The van der Waals surface area contributed by atoms with E-state index < -0.39 is 15.6 Å². The number of hydrogen-bond donors (Lipinski definition) is 1. The van der Waals surface area contributed by atoms with E-state index in [1.54, 1.807) is 13.8 Å². The van der Waals surface area contributed by atoms with Crippen LogP contribution >= 0.6 is 15.9 Å². The molecule has 0 saturated carbocycles. The minimum Gasteiger partial charge on any atom is -0.337 e. The highest BCUT2D eigenvalue weighted by atomic mass is 79.9. The van der Waals surface area contributed by atoms with Gasteiger partial charge in [0.25, 0.3) is 0 Å². The third-order valence-corrected chi connectivity index (χ3v) is 4.40. The van der Waals surface area contributed by atoms with Crippen LogP contribution < -0.4 is 4.72 Å². The fourth-order valence-corrected chi connectivity index (χ4v) is 3.34. The van der Waals surface area contributed by atoms with Crippen LogP contribution in [0.3, 0.4) is 0 Å². The summed E-state index contributed by atoms with van der Waals surface area (Å²) in [6, 6.07) is 7.75. The number of hydrogen-bond acceptors (Lipinski definition) is 5. The largest absolute Gasteiger partial charge is 0.337 e. The van der Waals surface area contributed by atoms with Gasteiger partial charge in [-0.1, -0.05) is 39.3 Å². The van der Waals surface area contributed by atoms with Crippen molar-refractivity contribution in [2.45, 2.75) is 25.8 Å². The van der Waals surface area contributed by atoms with Crippen LogP contribution in [0.15, 0.2) is 33.3 Å². The molecule has 1 heterocycles. The summed E-state index contributed by atoms with van der Waals surface area (Å²) in [7, 11) is -3.37. The first kappa shape index (κ1) is 16.1. The molecule has 0 fully saturated rings. The predicted octanol–water partition coefficient (Wildman–Crippen LogP) is 2.21. The van der Waals surface area contributed by atoms with Crippen LogP contribution in [0.2, 0.25) is 0 Å². The number of aromatic nitrogens is 2. The van der Waals surface area contributed by atoms with Gasteiger partial charge in [0.15, 0.2) is 5.82 Å². The lowest BCUT2D eigenvalue weighted by atomic mass is 10.1. The molecule has 2 rings (SSSR count). The van der Waals surface area contributed by atoms with E-state index in [0.717, 1.165) is 16.3 Å². The molecule has 0 atom stereocenters. The van der Waals surface area contributed by atoms with Crippen molar-refractivity contribution in [1.29, 1.82) is 0 Å². The molecule has 0 bridgehead atoms. The van der Waals surface area contributed by atoms with Crippen LogP contribution in [0.25, 0.3) is 0 Å². The molecule has 0 unspecified atom stereocenters. The second-order valence-electron chi connectivity index (χ2n) is 5.28. The van der Waals surface area contributed by atoms with E-state index >= 15 is 0 Å². The van der Waals surface area contributed by atoms with E-state index in [0.29, 0.717) is 12.2 Å². The second-order valence-corrected chi connectivity index (χ2v) is 7.89. The lowest BCUT2D eigenvalue weighted by Crippen LogP contribution is -2.40. The van der Waals surface area contributed by atoms with Crippen LogP contribution in [-0.4, -0.2) is 24.8 Å². The van der Waals surface area contributed by atoms with Crippen LogP contribution in [-0.2, 0) is 22.0 Å². The lowest BCUT2D eigenvalue weighted by molar-refractivity contribution is 0.294. The van der Waals surface area contributed by atoms with Crippen LogP contribution in [0, 0.1) is 0 Å². The molecule has 0 saturated heterocycles. The Morgan fingerprint density at radius 3 is 2.62 bits per heavy atom. The molecule has 0 spiro atoms. The van der Waals surface area contributed by atoms with Crippen molar-refractivity contribution >= 4 is 26.0 Å². The summed E-state index contributed by atoms with van der Waals surface area (Å²) in [5, 5.41) is 3.91. The predicted molar refractivity (Wildman–Crippen MR) is 82.3 cm³/mol. The average Bonchev–Trinajstić information content (AvgIpc) is 2.78. The zero-order chi connectivity index (χ0) is 15.7. The molecule has 8 heteroatoms. The topological polar surface area (TPSA) is 85.1 Å². The fraction of sp³-hybridized carbons (Fsp3) is 0.385. The molecule has 0 radical (unpaired) electrons. The summed E-state index contributed by atoms with van der Waals surface area (Å²) in [4.78, 5) is 4.28. The normalized spacial score (nSPS) is 12.6. The van der Waals surface area contributed by atoms with Crippen LogP contribution in [0.4, 0.5) is 0 Å². The van der Waals surface area contributed by atoms with E-state index in [1.807, 2.05) is 24.3 Å². The van der Waals surface area contributed by atoms with Crippen molar-refractivity contribution in [3.05, 3.63) is 46.0 Å². The van der Waals surface area contributed by atoms with Gasteiger partial charge >= 0.3 is 0 Å². The smallest absolute Gasteiger partial charge is 0.247 e. The number of halogens is 1. The maximum absolute atomic E-state index is 11.4. The summed E-state index contributed by atoms with van der Waals surface area (Å²) in [5.74, 6) is 0.732. The van der Waals surface area contributed by atoms with Gasteiger partial charge in [0.2, 0.25) is 15.9 Å². The Morgan fingerprint density at radius 2 is 2.00 bits per heavy atom. The maximum atomic E-state index is 11.4. The molecule has 0 aliphatic heterocycles. The number of nitrogens with zero attached hydrogens (tertiary/aromatic N) is 2. The van der Waals surface area contributed by atoms with Crippen molar-refractivity contribution in [2.24, 2.45) is 0 Å².